The summed E-state index contributed by atoms with van der Waals surface area (Å²) in [5, 5.41) is 4.09. The molecular formula is C13H14BrN3O2. The van der Waals surface area contributed by atoms with Crippen LogP contribution < -0.4 is 0 Å². The van der Waals surface area contributed by atoms with Gasteiger partial charge in [-0.3, -0.25) is 0 Å². The van der Waals surface area contributed by atoms with Crippen molar-refractivity contribution in [2.45, 2.75) is 13.8 Å². The largest absolute Gasteiger partial charge is 0.460 e. The SMILES string of the molecule is CCOC(=O)c1nc(-c2cccc(C)c2Br)n(C)n1. The summed E-state index contributed by atoms with van der Waals surface area (Å²) in [6, 6.07) is 5.86. The van der Waals surface area contributed by atoms with Crippen LogP contribution in [0.1, 0.15) is 23.1 Å². The Morgan fingerprint density at radius 3 is 2.89 bits per heavy atom. The number of rotatable bonds is 3. The molecule has 1 aromatic heterocycles. The maximum atomic E-state index is 11.6. The van der Waals surface area contributed by atoms with Crippen LogP contribution in [0.4, 0.5) is 0 Å². The third kappa shape index (κ3) is 2.68. The lowest BCUT2D eigenvalue weighted by molar-refractivity contribution is 0.0512. The standard InChI is InChI=1S/C13H14BrN3O2/c1-4-19-13(18)11-15-12(17(3)16-11)9-7-5-6-8(2)10(9)14/h5-7H,4H2,1-3H3. The lowest BCUT2D eigenvalue weighted by Gasteiger charge is -2.05. The number of hydrogen-bond acceptors (Lipinski definition) is 4. The van der Waals surface area contributed by atoms with Crippen molar-refractivity contribution in [2.24, 2.45) is 7.05 Å². The third-order valence-electron chi connectivity index (χ3n) is 2.65. The van der Waals surface area contributed by atoms with Crippen LogP contribution in [0, 0.1) is 6.92 Å². The van der Waals surface area contributed by atoms with Crippen LogP contribution in [0.15, 0.2) is 22.7 Å². The number of ether oxygens (including phenoxy) is 1. The van der Waals surface area contributed by atoms with Crippen molar-refractivity contribution in [1.82, 2.24) is 14.8 Å². The first kappa shape index (κ1) is 13.7. The Kier molecular flexibility index (Phi) is 3.99. The molecule has 0 bridgehead atoms. The number of halogens is 1. The lowest BCUT2D eigenvalue weighted by Crippen LogP contribution is -2.07. The molecule has 0 amide bonds. The van der Waals surface area contributed by atoms with E-state index in [1.807, 2.05) is 25.1 Å². The molecule has 0 aliphatic rings. The van der Waals surface area contributed by atoms with Gasteiger partial charge in [0.2, 0.25) is 0 Å². The van der Waals surface area contributed by atoms with Gasteiger partial charge in [-0.05, 0) is 35.3 Å². The van der Waals surface area contributed by atoms with Gasteiger partial charge in [-0.15, -0.1) is 5.10 Å². The van der Waals surface area contributed by atoms with Crippen LogP contribution in [0.3, 0.4) is 0 Å². The van der Waals surface area contributed by atoms with Crippen LogP contribution in [0.2, 0.25) is 0 Å². The molecule has 0 atom stereocenters. The van der Waals surface area contributed by atoms with E-state index in [2.05, 4.69) is 26.0 Å². The number of esters is 1. The number of aromatic nitrogens is 3. The van der Waals surface area contributed by atoms with E-state index in [9.17, 15) is 4.79 Å². The van der Waals surface area contributed by atoms with Crippen LogP contribution >= 0.6 is 15.9 Å². The highest BCUT2D eigenvalue weighted by Crippen LogP contribution is 2.29. The average molecular weight is 324 g/mol. The van der Waals surface area contributed by atoms with Gasteiger partial charge < -0.3 is 4.74 Å². The third-order valence-corrected chi connectivity index (χ3v) is 3.71. The number of carbonyl (C=O) groups excluding carboxylic acids is 1. The Hall–Kier alpha value is -1.69. The Labute approximate surface area is 119 Å². The maximum Gasteiger partial charge on any atom is 0.378 e. The number of carbonyl (C=O) groups is 1. The first-order chi connectivity index (χ1) is 9.04. The van der Waals surface area contributed by atoms with Gasteiger partial charge in [0.25, 0.3) is 5.82 Å². The van der Waals surface area contributed by atoms with E-state index in [1.54, 1.807) is 18.7 Å². The minimum Gasteiger partial charge on any atom is -0.460 e. The van der Waals surface area contributed by atoms with E-state index in [-0.39, 0.29) is 5.82 Å². The zero-order valence-corrected chi connectivity index (χ0v) is 12.6. The van der Waals surface area contributed by atoms with Crippen LogP contribution in [0.25, 0.3) is 11.4 Å². The Morgan fingerprint density at radius 1 is 1.47 bits per heavy atom. The molecule has 0 N–H and O–H groups in total. The molecule has 2 rings (SSSR count). The molecule has 0 saturated heterocycles. The second-order valence-electron chi connectivity index (χ2n) is 4.04. The fraction of sp³-hybridized carbons (Fsp3) is 0.308. The molecule has 0 aliphatic heterocycles. The molecular weight excluding hydrogens is 310 g/mol. The summed E-state index contributed by atoms with van der Waals surface area (Å²) in [6.07, 6.45) is 0. The highest BCUT2D eigenvalue weighted by Gasteiger charge is 2.18. The summed E-state index contributed by atoms with van der Waals surface area (Å²) in [4.78, 5) is 15.9. The summed E-state index contributed by atoms with van der Waals surface area (Å²) in [6.45, 7) is 4.05. The van der Waals surface area contributed by atoms with E-state index in [0.717, 1.165) is 15.6 Å². The van der Waals surface area contributed by atoms with Gasteiger partial charge in [0.05, 0.1) is 6.61 Å². The zero-order chi connectivity index (χ0) is 14.0. The van der Waals surface area contributed by atoms with Crippen molar-refractivity contribution in [3.63, 3.8) is 0 Å². The highest BCUT2D eigenvalue weighted by molar-refractivity contribution is 9.10. The summed E-state index contributed by atoms with van der Waals surface area (Å²) in [5.41, 5.74) is 1.99. The maximum absolute atomic E-state index is 11.6. The quantitative estimate of drug-likeness (QED) is 0.815. The van der Waals surface area contributed by atoms with E-state index >= 15 is 0 Å². The van der Waals surface area contributed by atoms with E-state index in [1.165, 1.54) is 0 Å². The van der Waals surface area contributed by atoms with E-state index < -0.39 is 5.97 Å². The predicted octanol–water partition coefficient (Wildman–Crippen LogP) is 2.73. The summed E-state index contributed by atoms with van der Waals surface area (Å²) < 4.78 is 7.42. The monoisotopic (exact) mass is 323 g/mol. The lowest BCUT2D eigenvalue weighted by atomic mass is 10.1. The van der Waals surface area contributed by atoms with Gasteiger partial charge in [0, 0.05) is 17.1 Å². The minimum absolute atomic E-state index is 0.0766. The normalized spacial score (nSPS) is 10.5. The second-order valence-corrected chi connectivity index (χ2v) is 4.83. The molecule has 100 valence electrons. The van der Waals surface area contributed by atoms with Gasteiger partial charge in [-0.1, -0.05) is 18.2 Å². The summed E-state index contributed by atoms with van der Waals surface area (Å²) in [5.74, 6) is 0.194. The van der Waals surface area contributed by atoms with Crippen LogP contribution in [-0.2, 0) is 11.8 Å². The van der Waals surface area contributed by atoms with Crippen LogP contribution in [0.5, 0.6) is 0 Å². The Balaban J connectivity index is 2.46. The van der Waals surface area contributed by atoms with Crippen molar-refractivity contribution in [3.8, 4) is 11.4 Å². The van der Waals surface area contributed by atoms with Crippen molar-refractivity contribution in [2.75, 3.05) is 6.61 Å². The second kappa shape index (κ2) is 5.52. The number of benzene rings is 1. The van der Waals surface area contributed by atoms with Crippen molar-refractivity contribution >= 4 is 21.9 Å². The molecule has 2 aromatic rings. The predicted molar refractivity (Wildman–Crippen MR) is 74.8 cm³/mol. The minimum atomic E-state index is -0.506. The van der Waals surface area contributed by atoms with Gasteiger partial charge in [-0.25, -0.2) is 14.5 Å². The number of aryl methyl sites for hydroxylation is 2. The molecule has 0 radical (unpaired) electrons. The van der Waals surface area contributed by atoms with E-state index in [0.29, 0.717) is 12.4 Å². The zero-order valence-electron chi connectivity index (χ0n) is 11.0. The summed E-state index contributed by atoms with van der Waals surface area (Å²) >= 11 is 3.53. The molecule has 5 nitrogen and oxygen atoms in total. The van der Waals surface area contributed by atoms with E-state index in [4.69, 9.17) is 4.74 Å². The van der Waals surface area contributed by atoms with Gasteiger partial charge in [0.15, 0.2) is 5.82 Å². The van der Waals surface area contributed by atoms with Crippen LogP contribution in [-0.4, -0.2) is 27.3 Å². The molecule has 1 aromatic carbocycles. The molecule has 19 heavy (non-hydrogen) atoms. The fourth-order valence-electron chi connectivity index (χ4n) is 1.72. The first-order valence-corrected chi connectivity index (χ1v) is 6.67. The number of hydrogen-bond donors (Lipinski definition) is 0. The fourth-order valence-corrected chi connectivity index (χ4v) is 2.16. The van der Waals surface area contributed by atoms with Crippen molar-refractivity contribution in [1.29, 1.82) is 0 Å². The van der Waals surface area contributed by atoms with Gasteiger partial charge in [0.1, 0.15) is 0 Å². The molecule has 0 aliphatic carbocycles. The average Bonchev–Trinajstić information content (AvgIpc) is 2.75. The Bertz CT molecular complexity index is 622. The van der Waals surface area contributed by atoms with Crippen molar-refractivity contribution in [3.05, 3.63) is 34.1 Å². The van der Waals surface area contributed by atoms with Gasteiger partial charge in [-0.2, -0.15) is 0 Å². The highest BCUT2D eigenvalue weighted by atomic mass is 79.9. The molecule has 1 heterocycles. The smallest absolute Gasteiger partial charge is 0.378 e. The first-order valence-electron chi connectivity index (χ1n) is 5.88. The summed E-state index contributed by atoms with van der Waals surface area (Å²) in [7, 11) is 1.75. The topological polar surface area (TPSA) is 57.0 Å². The molecule has 0 unspecified atom stereocenters. The number of nitrogens with zero attached hydrogens (tertiary/aromatic N) is 3. The molecule has 0 fully saturated rings. The molecule has 0 saturated carbocycles. The molecule has 0 spiro atoms. The Morgan fingerprint density at radius 2 is 2.21 bits per heavy atom. The molecule has 6 heteroatoms. The van der Waals surface area contributed by atoms with Crippen molar-refractivity contribution < 1.29 is 9.53 Å². The van der Waals surface area contributed by atoms with Gasteiger partial charge >= 0.3 is 5.97 Å².